The van der Waals surface area contributed by atoms with Crippen LogP contribution in [0.25, 0.3) is 0 Å². The molecule has 0 aliphatic heterocycles. The first-order chi connectivity index (χ1) is 9.16. The van der Waals surface area contributed by atoms with Gasteiger partial charge < -0.3 is 5.32 Å². The quantitative estimate of drug-likeness (QED) is 0.856. The molecule has 3 fully saturated rings. The lowest BCUT2D eigenvalue weighted by molar-refractivity contribution is 0.456. The third kappa shape index (κ3) is 1.70. The molecule has 3 aliphatic rings. The largest absolute Gasteiger partial charge is 0.366 e. The maximum absolute atomic E-state index is 6.23. The van der Waals surface area contributed by atoms with Crippen molar-refractivity contribution < 1.29 is 0 Å². The zero-order valence-corrected chi connectivity index (χ0v) is 12.2. The second-order valence-corrected chi connectivity index (χ2v) is 7.10. The summed E-state index contributed by atoms with van der Waals surface area (Å²) in [5.74, 6) is 5.10. The highest BCUT2D eigenvalue weighted by atomic mass is 35.5. The van der Waals surface area contributed by atoms with E-state index in [0.29, 0.717) is 17.1 Å². The molecule has 1 N–H and O–H groups in total. The Labute approximate surface area is 119 Å². The van der Waals surface area contributed by atoms with Gasteiger partial charge in [-0.3, -0.25) is 0 Å². The first kappa shape index (κ1) is 12.0. The number of hydrogen-bond acceptors (Lipinski definition) is 3. The molecule has 4 heteroatoms. The lowest BCUT2D eigenvalue weighted by atomic mass is 10.0. The molecule has 2 bridgehead atoms. The summed E-state index contributed by atoms with van der Waals surface area (Å²) in [6.45, 7) is 4.29. The molecular formula is C15H20ClN3. The molecule has 3 aliphatic carbocycles. The van der Waals surface area contributed by atoms with Crippen molar-refractivity contribution in [2.45, 2.75) is 45.1 Å². The molecule has 4 unspecified atom stereocenters. The Balaban J connectivity index is 1.57. The standard InChI is InChI=1S/C15H20ClN3/c1-7(2)10-14(16)17-6-18-15(10)19-13-11-8-3-4-9(5-8)12(11)13/h6-9,11-13H,3-5H2,1-2H3,(H,17,18,19). The minimum absolute atomic E-state index is 0.353. The van der Waals surface area contributed by atoms with Gasteiger partial charge in [-0.25, -0.2) is 9.97 Å². The van der Waals surface area contributed by atoms with E-state index in [1.54, 1.807) is 6.33 Å². The van der Waals surface area contributed by atoms with Gasteiger partial charge >= 0.3 is 0 Å². The second kappa shape index (κ2) is 4.08. The van der Waals surface area contributed by atoms with Crippen molar-refractivity contribution in [1.82, 2.24) is 9.97 Å². The van der Waals surface area contributed by atoms with Gasteiger partial charge in [0.25, 0.3) is 0 Å². The molecule has 0 aromatic carbocycles. The topological polar surface area (TPSA) is 37.8 Å². The molecule has 102 valence electrons. The molecule has 0 spiro atoms. The summed E-state index contributed by atoms with van der Waals surface area (Å²) in [6.07, 6.45) is 5.95. The molecule has 0 saturated heterocycles. The van der Waals surface area contributed by atoms with Crippen LogP contribution in [0.2, 0.25) is 5.15 Å². The van der Waals surface area contributed by atoms with Gasteiger partial charge in [-0.2, -0.15) is 0 Å². The third-order valence-corrected chi connectivity index (χ3v) is 5.75. The third-order valence-electron chi connectivity index (χ3n) is 5.45. The van der Waals surface area contributed by atoms with Crippen LogP contribution < -0.4 is 5.32 Å². The Morgan fingerprint density at radius 2 is 1.89 bits per heavy atom. The summed E-state index contributed by atoms with van der Waals surface area (Å²) >= 11 is 6.23. The van der Waals surface area contributed by atoms with Crippen molar-refractivity contribution >= 4 is 17.4 Å². The van der Waals surface area contributed by atoms with Gasteiger partial charge in [-0.1, -0.05) is 25.4 Å². The Bertz CT molecular complexity index is 500. The number of aromatic nitrogens is 2. The lowest BCUT2D eigenvalue weighted by Crippen LogP contribution is -2.15. The second-order valence-electron chi connectivity index (χ2n) is 6.74. The predicted octanol–water partition coefficient (Wildman–Crippen LogP) is 3.71. The van der Waals surface area contributed by atoms with E-state index in [9.17, 15) is 0 Å². The van der Waals surface area contributed by atoms with Gasteiger partial charge in [0.15, 0.2) is 0 Å². The highest BCUT2D eigenvalue weighted by Gasteiger charge is 2.65. The summed E-state index contributed by atoms with van der Waals surface area (Å²) in [6, 6.07) is 0.648. The zero-order valence-electron chi connectivity index (χ0n) is 11.4. The van der Waals surface area contributed by atoms with Crippen molar-refractivity contribution in [3.05, 3.63) is 17.0 Å². The van der Waals surface area contributed by atoms with Crippen molar-refractivity contribution in [3.8, 4) is 0 Å². The van der Waals surface area contributed by atoms with Gasteiger partial charge in [-0.15, -0.1) is 0 Å². The summed E-state index contributed by atoms with van der Waals surface area (Å²) in [7, 11) is 0. The van der Waals surface area contributed by atoms with Crippen LogP contribution in [0.3, 0.4) is 0 Å². The van der Waals surface area contributed by atoms with Crippen molar-refractivity contribution in [1.29, 1.82) is 0 Å². The van der Waals surface area contributed by atoms with Crippen LogP contribution in [-0.4, -0.2) is 16.0 Å². The number of nitrogens with one attached hydrogen (secondary N) is 1. The van der Waals surface area contributed by atoms with Gasteiger partial charge in [0.05, 0.1) is 0 Å². The highest BCUT2D eigenvalue weighted by Crippen LogP contribution is 2.66. The van der Waals surface area contributed by atoms with Crippen LogP contribution in [0.4, 0.5) is 5.82 Å². The average molecular weight is 278 g/mol. The van der Waals surface area contributed by atoms with Gasteiger partial charge in [0, 0.05) is 11.6 Å². The fourth-order valence-corrected chi connectivity index (χ4v) is 5.03. The number of rotatable bonds is 3. The number of hydrogen-bond donors (Lipinski definition) is 1. The maximum Gasteiger partial charge on any atom is 0.138 e. The molecule has 4 rings (SSSR count). The SMILES string of the molecule is CC(C)c1c(Cl)ncnc1NC1C2C3CCC(C3)C12. The van der Waals surface area contributed by atoms with E-state index in [-0.39, 0.29) is 0 Å². The molecule has 0 radical (unpaired) electrons. The van der Waals surface area contributed by atoms with Gasteiger partial charge in [0.1, 0.15) is 17.3 Å². The molecule has 0 amide bonds. The van der Waals surface area contributed by atoms with Crippen molar-refractivity contribution in [3.63, 3.8) is 0 Å². The lowest BCUT2D eigenvalue weighted by Gasteiger charge is -2.16. The van der Waals surface area contributed by atoms with Crippen LogP contribution in [0.15, 0.2) is 6.33 Å². The molecule has 3 nitrogen and oxygen atoms in total. The van der Waals surface area contributed by atoms with Gasteiger partial charge in [-0.05, 0) is 48.9 Å². The maximum atomic E-state index is 6.23. The van der Waals surface area contributed by atoms with E-state index >= 15 is 0 Å². The van der Waals surface area contributed by atoms with Crippen molar-refractivity contribution in [2.75, 3.05) is 5.32 Å². The molecular weight excluding hydrogens is 258 g/mol. The molecule has 1 aromatic rings. The van der Waals surface area contributed by atoms with Gasteiger partial charge in [0.2, 0.25) is 0 Å². The Hall–Kier alpha value is -0.830. The fraction of sp³-hybridized carbons (Fsp3) is 0.733. The van der Waals surface area contributed by atoms with Crippen LogP contribution in [0.1, 0.15) is 44.6 Å². The van der Waals surface area contributed by atoms with E-state index < -0.39 is 0 Å². The first-order valence-corrected chi connectivity index (χ1v) is 7.81. The van der Waals surface area contributed by atoms with E-state index in [0.717, 1.165) is 35.1 Å². The normalized spacial score (nSPS) is 38.6. The molecule has 3 saturated carbocycles. The van der Waals surface area contributed by atoms with Crippen molar-refractivity contribution in [2.24, 2.45) is 23.7 Å². The monoisotopic (exact) mass is 277 g/mol. The summed E-state index contributed by atoms with van der Waals surface area (Å²) in [4.78, 5) is 8.55. The number of nitrogens with zero attached hydrogens (tertiary/aromatic N) is 2. The predicted molar refractivity (Wildman–Crippen MR) is 76.4 cm³/mol. The molecule has 1 aromatic heterocycles. The number of anilines is 1. The van der Waals surface area contributed by atoms with Crippen LogP contribution in [-0.2, 0) is 0 Å². The average Bonchev–Trinajstić information content (AvgIpc) is 2.78. The summed E-state index contributed by atoms with van der Waals surface area (Å²) in [5, 5.41) is 4.27. The fourth-order valence-electron chi connectivity index (χ4n) is 4.68. The van der Waals surface area contributed by atoms with Crippen LogP contribution in [0, 0.1) is 23.7 Å². The van der Waals surface area contributed by atoms with Crippen LogP contribution in [0.5, 0.6) is 0 Å². The Kier molecular flexibility index (Phi) is 2.57. The van der Waals surface area contributed by atoms with E-state index in [1.807, 2.05) is 0 Å². The first-order valence-electron chi connectivity index (χ1n) is 7.43. The van der Waals surface area contributed by atoms with E-state index in [1.165, 1.54) is 19.3 Å². The minimum Gasteiger partial charge on any atom is -0.366 e. The molecule has 4 atom stereocenters. The Morgan fingerprint density at radius 3 is 2.53 bits per heavy atom. The number of halogens is 1. The Morgan fingerprint density at radius 1 is 1.21 bits per heavy atom. The molecule has 19 heavy (non-hydrogen) atoms. The van der Waals surface area contributed by atoms with E-state index in [4.69, 9.17) is 11.6 Å². The zero-order chi connectivity index (χ0) is 13.1. The van der Waals surface area contributed by atoms with Crippen LogP contribution >= 0.6 is 11.6 Å². The number of fused-ring (bicyclic) bond motifs is 5. The highest BCUT2D eigenvalue weighted by molar-refractivity contribution is 6.30. The molecule has 1 heterocycles. The summed E-state index contributed by atoms with van der Waals surface area (Å²) in [5.41, 5.74) is 1.07. The smallest absolute Gasteiger partial charge is 0.138 e. The minimum atomic E-state index is 0.353. The van der Waals surface area contributed by atoms with E-state index in [2.05, 4.69) is 29.1 Å². The summed E-state index contributed by atoms with van der Waals surface area (Å²) < 4.78 is 0.